The molecule has 240 valence electrons. The topological polar surface area (TPSA) is 96.5 Å². The van der Waals surface area contributed by atoms with Gasteiger partial charge in [-0.1, -0.05) is 32.1 Å². The number of carbonyl (C=O) groups is 2. The van der Waals surface area contributed by atoms with Gasteiger partial charge in [-0.2, -0.15) is 0 Å². The molecule has 3 saturated heterocycles. The number of benzene rings is 1. The third kappa shape index (κ3) is 7.08. The summed E-state index contributed by atoms with van der Waals surface area (Å²) >= 11 is 8.55. The van der Waals surface area contributed by atoms with E-state index in [0.717, 1.165) is 46.0 Å². The number of nitrogens with zero attached hydrogens (tertiary/aromatic N) is 4. The normalized spacial score (nSPS) is 24.0. The van der Waals surface area contributed by atoms with Crippen molar-refractivity contribution in [3.8, 4) is 11.3 Å². The number of carbonyl (C=O) groups excluding carboxylic acids is 2. The van der Waals surface area contributed by atoms with Crippen molar-refractivity contribution in [1.29, 1.82) is 0 Å². The van der Waals surface area contributed by atoms with Crippen LogP contribution < -0.4 is 10.2 Å². The lowest BCUT2D eigenvalue weighted by Gasteiger charge is -2.37. The Morgan fingerprint density at radius 1 is 1.16 bits per heavy atom. The fraction of sp³-hybridized carbons (Fsp3) is 0.581. The monoisotopic (exact) mass is 753 g/mol. The van der Waals surface area contributed by atoms with Crippen molar-refractivity contribution in [1.82, 2.24) is 20.1 Å². The van der Waals surface area contributed by atoms with Gasteiger partial charge in [-0.05, 0) is 63.4 Å². The summed E-state index contributed by atoms with van der Waals surface area (Å²) < 4.78 is 18.5. The molecule has 44 heavy (non-hydrogen) atoms. The van der Waals surface area contributed by atoms with E-state index < -0.39 is 17.9 Å². The van der Waals surface area contributed by atoms with Gasteiger partial charge in [0, 0.05) is 69.4 Å². The number of halogens is 2. The number of nitrogens with one attached hydrogen (secondary N) is 1. The van der Waals surface area contributed by atoms with E-state index in [1.165, 1.54) is 0 Å². The van der Waals surface area contributed by atoms with E-state index in [1.807, 2.05) is 32.1 Å². The number of amides is 2. The van der Waals surface area contributed by atoms with E-state index in [1.54, 1.807) is 42.6 Å². The zero-order valence-corrected chi connectivity index (χ0v) is 29.8. The molecule has 1 aromatic carbocycles. The van der Waals surface area contributed by atoms with Crippen LogP contribution in [-0.2, 0) is 19.0 Å². The Bertz CT molecular complexity index is 1340. The summed E-state index contributed by atoms with van der Waals surface area (Å²) in [6.07, 6.45) is 2.16. The van der Waals surface area contributed by atoms with Crippen LogP contribution in [0, 0.1) is 11.8 Å². The van der Waals surface area contributed by atoms with Crippen LogP contribution in [0.25, 0.3) is 11.3 Å². The quantitative estimate of drug-likeness (QED) is 0.354. The zero-order chi connectivity index (χ0) is 31.6. The van der Waals surface area contributed by atoms with Crippen molar-refractivity contribution in [2.24, 2.45) is 11.8 Å². The smallest absolute Gasteiger partial charge is 0.251 e. The molecule has 2 amide bonds. The molecule has 2 aromatic rings. The van der Waals surface area contributed by atoms with E-state index in [2.05, 4.69) is 59.4 Å². The molecule has 5 rings (SSSR count). The van der Waals surface area contributed by atoms with Crippen molar-refractivity contribution in [3.63, 3.8) is 0 Å². The second-order valence-corrected chi connectivity index (χ2v) is 15.7. The first kappa shape index (κ1) is 33.5. The molecule has 1 aromatic heterocycles. The highest BCUT2D eigenvalue weighted by Crippen LogP contribution is 2.43. The number of methoxy groups -OCH3 is 2. The first-order valence-corrected chi connectivity index (χ1v) is 17.4. The molecule has 3 aliphatic heterocycles. The number of hydrogen-bond acceptors (Lipinski definition) is 9. The average molecular weight is 756 g/mol. The van der Waals surface area contributed by atoms with E-state index >= 15 is 0 Å². The maximum atomic E-state index is 14.2. The van der Waals surface area contributed by atoms with E-state index in [4.69, 9.17) is 19.2 Å². The third-order valence-electron chi connectivity index (χ3n) is 8.74. The van der Waals surface area contributed by atoms with Gasteiger partial charge in [0.2, 0.25) is 11.7 Å². The highest BCUT2D eigenvalue weighted by molar-refractivity contribution is 9.28. The maximum absolute atomic E-state index is 14.2. The molecular weight excluding hydrogens is 714 g/mol. The Labute approximate surface area is 280 Å². The minimum atomic E-state index is -1.09. The van der Waals surface area contributed by atoms with Gasteiger partial charge in [0.1, 0.15) is 18.7 Å². The van der Waals surface area contributed by atoms with Crippen LogP contribution in [0.15, 0.2) is 39.1 Å². The molecule has 4 heterocycles. The van der Waals surface area contributed by atoms with Gasteiger partial charge in [0.15, 0.2) is 5.13 Å². The number of ether oxygens (including phenoxy) is 3. The van der Waals surface area contributed by atoms with Crippen molar-refractivity contribution in [2.45, 2.75) is 44.2 Å². The molecule has 0 saturated carbocycles. The lowest BCUT2D eigenvalue weighted by Crippen LogP contribution is -2.58. The Morgan fingerprint density at radius 2 is 1.84 bits per heavy atom. The van der Waals surface area contributed by atoms with Crippen LogP contribution in [0.5, 0.6) is 0 Å². The highest BCUT2D eigenvalue weighted by atomic mass is 79.9. The molecule has 0 spiro atoms. The zero-order valence-electron chi connectivity index (χ0n) is 25.8. The molecule has 0 aliphatic carbocycles. The summed E-state index contributed by atoms with van der Waals surface area (Å²) in [5.74, 6) is -1.48. The number of anilines is 1. The average Bonchev–Trinajstić information content (AvgIpc) is 3.73. The first-order chi connectivity index (χ1) is 21.0. The highest BCUT2D eigenvalue weighted by Gasteiger charge is 2.61. The Morgan fingerprint density at radius 3 is 2.45 bits per heavy atom. The lowest BCUT2D eigenvalue weighted by atomic mass is 9.98. The second kappa shape index (κ2) is 14.3. The van der Waals surface area contributed by atoms with Crippen LogP contribution in [0.1, 0.15) is 30.6 Å². The fourth-order valence-electron chi connectivity index (χ4n) is 6.30. The van der Waals surface area contributed by atoms with Gasteiger partial charge in [-0.25, -0.2) is 4.98 Å². The first-order valence-electron chi connectivity index (χ1n) is 14.9. The molecular formula is C31H41Br2N5O5S. The molecule has 10 nitrogen and oxygen atoms in total. The Kier molecular flexibility index (Phi) is 10.9. The van der Waals surface area contributed by atoms with Crippen LogP contribution in [-0.4, -0.2) is 111 Å². The van der Waals surface area contributed by atoms with Crippen molar-refractivity contribution in [2.75, 3.05) is 65.5 Å². The second-order valence-electron chi connectivity index (χ2n) is 12.1. The summed E-state index contributed by atoms with van der Waals surface area (Å²) in [6.45, 7) is 8.68. The minimum Gasteiger partial charge on any atom is -0.369 e. The van der Waals surface area contributed by atoms with Gasteiger partial charge in [0.25, 0.3) is 5.91 Å². The summed E-state index contributed by atoms with van der Waals surface area (Å²) in [4.78, 5) is 39.0. The number of fused-ring (bicyclic) bond motifs is 1. The fourth-order valence-corrected chi connectivity index (χ4v) is 7.87. The molecule has 13 heteroatoms. The van der Waals surface area contributed by atoms with Crippen molar-refractivity contribution in [3.05, 3.63) is 44.7 Å². The van der Waals surface area contributed by atoms with Crippen molar-refractivity contribution < 1.29 is 23.8 Å². The minimum absolute atomic E-state index is 0.0877. The number of thiazole rings is 1. The van der Waals surface area contributed by atoms with Gasteiger partial charge in [-0.3, -0.25) is 9.59 Å². The van der Waals surface area contributed by atoms with Gasteiger partial charge in [0.05, 0.1) is 15.2 Å². The summed E-state index contributed by atoms with van der Waals surface area (Å²) in [5, 5.41) is 6.12. The molecule has 0 radical (unpaired) electrons. The number of piperazine rings is 1. The van der Waals surface area contributed by atoms with E-state index in [0.29, 0.717) is 18.5 Å². The van der Waals surface area contributed by atoms with Crippen LogP contribution in [0.2, 0.25) is 0 Å². The number of rotatable bonds is 10. The van der Waals surface area contributed by atoms with Gasteiger partial charge in [-0.15, -0.1) is 11.3 Å². The summed E-state index contributed by atoms with van der Waals surface area (Å²) in [5.41, 5.74) is 2.33. The largest absolute Gasteiger partial charge is 0.369 e. The number of likely N-dealkylation sites (N-methyl/N-ethyl adjacent to an activating group) is 1. The predicted octanol–water partition coefficient (Wildman–Crippen LogP) is 4.55. The molecule has 3 fully saturated rings. The molecule has 0 bridgehead atoms. The maximum Gasteiger partial charge on any atom is 0.251 e. The summed E-state index contributed by atoms with van der Waals surface area (Å²) in [7, 11) is 5.27. The van der Waals surface area contributed by atoms with Crippen molar-refractivity contribution >= 4 is 60.1 Å². The lowest BCUT2D eigenvalue weighted by molar-refractivity contribution is -0.227. The Hall–Kier alpha value is -1.87. The SMILES string of the molecule is COC1(OC)COC2C(C=C(Br)Br)CN(C(=O)C(CC(C)C)NC(=O)c3ccc(-c4csc(N5CCN(C)CC5)n4)cc3)C21. The number of aromatic nitrogens is 1. The van der Waals surface area contributed by atoms with Crippen LogP contribution >= 0.6 is 43.2 Å². The van der Waals surface area contributed by atoms with Crippen LogP contribution in [0.3, 0.4) is 0 Å². The standard InChI is InChI=1S/C31H41Br2N5O5S/c1-19(2)14-23(29(40)38-16-22(15-25(32)33)26-27(38)31(41-4,42-5)18-43-26)34-28(39)21-8-6-20(7-9-21)24-17-44-30(35-24)37-12-10-36(3)11-13-37/h6-9,15,17,19,22-23,26-27H,10-14,16,18H2,1-5H3,(H,34,39). The molecule has 1 N–H and O–H groups in total. The third-order valence-corrected chi connectivity index (χ3v) is 10.2. The number of hydrogen-bond donors (Lipinski definition) is 1. The van der Waals surface area contributed by atoms with Gasteiger partial charge >= 0.3 is 0 Å². The molecule has 4 unspecified atom stereocenters. The van der Waals surface area contributed by atoms with Crippen LogP contribution in [0.4, 0.5) is 5.13 Å². The summed E-state index contributed by atoms with van der Waals surface area (Å²) in [6, 6.07) is 6.22. The van der Waals surface area contributed by atoms with Gasteiger partial charge < -0.3 is 34.2 Å². The molecule has 4 atom stereocenters. The van der Waals surface area contributed by atoms with E-state index in [9.17, 15) is 9.59 Å². The Balaban J connectivity index is 1.31. The van der Waals surface area contributed by atoms with E-state index in [-0.39, 0.29) is 36.4 Å². The molecule has 3 aliphatic rings. The predicted molar refractivity (Wildman–Crippen MR) is 179 cm³/mol. The number of likely N-dealkylation sites (tertiary alicyclic amines) is 1.